The molecule has 0 unspecified atom stereocenters. The highest BCUT2D eigenvalue weighted by Gasteiger charge is 2.00. The molecule has 0 saturated carbocycles. The monoisotopic (exact) mass is 269 g/mol. The second-order valence-electron chi connectivity index (χ2n) is 4.04. The highest BCUT2D eigenvalue weighted by atomic mass is 32.1. The zero-order chi connectivity index (χ0) is 13.2. The molecule has 0 aliphatic carbocycles. The van der Waals surface area contributed by atoms with Crippen molar-refractivity contribution < 1.29 is 0 Å². The lowest BCUT2D eigenvalue weighted by atomic mass is 10.1. The van der Waals surface area contributed by atoms with Gasteiger partial charge in [0.15, 0.2) is 4.96 Å². The van der Waals surface area contributed by atoms with E-state index in [2.05, 4.69) is 4.98 Å². The zero-order valence-corrected chi connectivity index (χ0v) is 10.8. The summed E-state index contributed by atoms with van der Waals surface area (Å²) in [6, 6.07) is 9.07. The molecule has 0 aliphatic heterocycles. The maximum Gasteiger partial charge on any atom is 0.259 e. The summed E-state index contributed by atoms with van der Waals surface area (Å²) in [5.41, 5.74) is 8.03. The summed E-state index contributed by atoms with van der Waals surface area (Å²) in [5, 5.41) is 1.84. The Bertz CT molecular complexity index is 817. The van der Waals surface area contributed by atoms with Gasteiger partial charge in [0.1, 0.15) is 0 Å². The first kappa shape index (κ1) is 11.7. The molecule has 0 aliphatic rings. The highest BCUT2D eigenvalue weighted by molar-refractivity contribution is 7.15. The number of aromatic nitrogens is 2. The third kappa shape index (κ3) is 2.28. The van der Waals surface area contributed by atoms with E-state index in [0.717, 1.165) is 5.56 Å². The molecule has 3 rings (SSSR count). The van der Waals surface area contributed by atoms with Gasteiger partial charge in [-0.2, -0.15) is 0 Å². The molecular formula is C14H11N3OS. The molecule has 0 bridgehead atoms. The van der Waals surface area contributed by atoms with Crippen LogP contribution >= 0.6 is 11.3 Å². The molecular weight excluding hydrogens is 258 g/mol. The van der Waals surface area contributed by atoms with E-state index < -0.39 is 0 Å². The van der Waals surface area contributed by atoms with Crippen molar-refractivity contribution in [1.29, 1.82) is 0 Å². The van der Waals surface area contributed by atoms with Crippen LogP contribution < -0.4 is 11.3 Å². The Balaban J connectivity index is 2.02. The Morgan fingerprint density at radius 3 is 2.95 bits per heavy atom. The summed E-state index contributed by atoms with van der Waals surface area (Å²) in [7, 11) is 0. The molecule has 19 heavy (non-hydrogen) atoms. The Morgan fingerprint density at radius 1 is 1.26 bits per heavy atom. The number of fused-ring (bicyclic) bond motifs is 1. The van der Waals surface area contributed by atoms with Crippen molar-refractivity contribution in [1.82, 2.24) is 9.38 Å². The van der Waals surface area contributed by atoms with Crippen molar-refractivity contribution >= 4 is 34.1 Å². The van der Waals surface area contributed by atoms with Crippen LogP contribution in [0.2, 0.25) is 0 Å². The smallest absolute Gasteiger partial charge is 0.259 e. The van der Waals surface area contributed by atoms with Crippen LogP contribution in [-0.2, 0) is 0 Å². The van der Waals surface area contributed by atoms with Gasteiger partial charge in [-0.05, 0) is 17.7 Å². The fourth-order valence-electron chi connectivity index (χ4n) is 1.78. The van der Waals surface area contributed by atoms with E-state index in [1.165, 1.54) is 21.8 Å². The van der Waals surface area contributed by atoms with Crippen molar-refractivity contribution in [2.24, 2.45) is 0 Å². The predicted octanol–water partition coefficient (Wildman–Crippen LogP) is 2.51. The van der Waals surface area contributed by atoms with Gasteiger partial charge in [-0.1, -0.05) is 24.3 Å². The van der Waals surface area contributed by atoms with Gasteiger partial charge in [0.25, 0.3) is 5.56 Å². The number of nitrogens with zero attached hydrogens (tertiary/aromatic N) is 2. The lowest BCUT2D eigenvalue weighted by Gasteiger charge is -1.98. The Kier molecular flexibility index (Phi) is 2.89. The van der Waals surface area contributed by atoms with Crippen molar-refractivity contribution in [3.05, 3.63) is 63.5 Å². The van der Waals surface area contributed by atoms with Crippen LogP contribution in [0.15, 0.2) is 46.7 Å². The van der Waals surface area contributed by atoms with Crippen molar-refractivity contribution in [3.63, 3.8) is 0 Å². The molecule has 0 spiro atoms. The predicted molar refractivity (Wildman–Crippen MR) is 79.1 cm³/mol. The molecule has 0 fully saturated rings. The lowest BCUT2D eigenvalue weighted by molar-refractivity contribution is 1.07. The summed E-state index contributed by atoms with van der Waals surface area (Å²) in [6.07, 6.45) is 5.38. The minimum absolute atomic E-state index is 0.0769. The van der Waals surface area contributed by atoms with Gasteiger partial charge >= 0.3 is 0 Å². The fraction of sp³-hybridized carbons (Fsp3) is 0. The number of anilines is 1. The normalized spacial score (nSPS) is 11.4. The Hall–Kier alpha value is -2.40. The van der Waals surface area contributed by atoms with Crippen LogP contribution in [0.3, 0.4) is 0 Å². The third-order valence-corrected chi connectivity index (χ3v) is 3.51. The molecule has 4 nitrogen and oxygen atoms in total. The van der Waals surface area contributed by atoms with E-state index in [1.807, 2.05) is 35.7 Å². The van der Waals surface area contributed by atoms with Gasteiger partial charge in [0, 0.05) is 23.3 Å². The van der Waals surface area contributed by atoms with Crippen LogP contribution in [0.1, 0.15) is 11.3 Å². The van der Waals surface area contributed by atoms with E-state index in [9.17, 15) is 4.79 Å². The van der Waals surface area contributed by atoms with Crippen molar-refractivity contribution in [2.75, 3.05) is 5.73 Å². The first-order chi connectivity index (χ1) is 9.24. The number of para-hydroxylation sites is 1. The van der Waals surface area contributed by atoms with Crippen LogP contribution in [0.5, 0.6) is 0 Å². The molecule has 94 valence electrons. The minimum atomic E-state index is -0.0769. The van der Waals surface area contributed by atoms with Gasteiger partial charge in [0.05, 0.1) is 5.69 Å². The summed E-state index contributed by atoms with van der Waals surface area (Å²) < 4.78 is 1.53. The van der Waals surface area contributed by atoms with E-state index in [0.29, 0.717) is 16.3 Å². The molecule has 2 aromatic heterocycles. The molecule has 2 heterocycles. The van der Waals surface area contributed by atoms with Gasteiger partial charge in [-0.3, -0.25) is 9.20 Å². The number of nitrogen functional groups attached to an aromatic ring is 1. The van der Waals surface area contributed by atoms with Crippen molar-refractivity contribution in [2.45, 2.75) is 0 Å². The Morgan fingerprint density at radius 2 is 2.11 bits per heavy atom. The van der Waals surface area contributed by atoms with E-state index >= 15 is 0 Å². The third-order valence-electron chi connectivity index (χ3n) is 2.75. The zero-order valence-electron chi connectivity index (χ0n) is 9.98. The van der Waals surface area contributed by atoms with Crippen LogP contribution in [0.25, 0.3) is 17.1 Å². The molecule has 0 atom stereocenters. The standard InChI is InChI=1S/C14H11N3OS/c15-12-4-2-1-3-10(12)5-6-11-9-13(18)17-7-8-19-14(17)16-11/h1-9H,15H2/b6-5+. The molecule has 0 amide bonds. The number of benzene rings is 1. The summed E-state index contributed by atoms with van der Waals surface area (Å²) in [4.78, 5) is 16.9. The molecule has 1 aromatic carbocycles. The number of rotatable bonds is 2. The van der Waals surface area contributed by atoms with Gasteiger partial charge in [-0.25, -0.2) is 4.98 Å². The topological polar surface area (TPSA) is 60.4 Å². The average Bonchev–Trinajstić information content (AvgIpc) is 2.87. The van der Waals surface area contributed by atoms with E-state index in [1.54, 1.807) is 12.3 Å². The number of thiazole rings is 1. The minimum Gasteiger partial charge on any atom is -0.398 e. The van der Waals surface area contributed by atoms with Crippen LogP contribution in [0, 0.1) is 0 Å². The number of nitrogens with two attached hydrogens (primary N) is 1. The first-order valence-corrected chi connectivity index (χ1v) is 6.61. The SMILES string of the molecule is Nc1ccccc1/C=C/c1cc(=O)n2ccsc2n1. The maximum atomic E-state index is 11.8. The van der Waals surface area contributed by atoms with Gasteiger partial charge in [-0.15, -0.1) is 11.3 Å². The molecule has 0 radical (unpaired) electrons. The fourth-order valence-corrected chi connectivity index (χ4v) is 2.51. The lowest BCUT2D eigenvalue weighted by Crippen LogP contribution is -2.11. The number of hydrogen-bond acceptors (Lipinski definition) is 4. The second-order valence-corrected chi connectivity index (χ2v) is 4.91. The largest absolute Gasteiger partial charge is 0.398 e. The van der Waals surface area contributed by atoms with Crippen LogP contribution in [-0.4, -0.2) is 9.38 Å². The number of hydrogen-bond donors (Lipinski definition) is 1. The summed E-state index contributed by atoms with van der Waals surface area (Å²) in [5.74, 6) is 0. The average molecular weight is 269 g/mol. The molecule has 3 aromatic rings. The highest BCUT2D eigenvalue weighted by Crippen LogP contribution is 2.14. The first-order valence-electron chi connectivity index (χ1n) is 5.73. The molecule has 2 N–H and O–H groups in total. The second kappa shape index (κ2) is 4.70. The van der Waals surface area contributed by atoms with Crippen LogP contribution in [0.4, 0.5) is 5.69 Å². The van der Waals surface area contributed by atoms with Gasteiger partial charge in [0.2, 0.25) is 0 Å². The maximum absolute atomic E-state index is 11.8. The summed E-state index contributed by atoms with van der Waals surface area (Å²) in [6.45, 7) is 0. The van der Waals surface area contributed by atoms with E-state index in [-0.39, 0.29) is 5.56 Å². The van der Waals surface area contributed by atoms with Crippen molar-refractivity contribution in [3.8, 4) is 0 Å². The molecule has 5 heteroatoms. The van der Waals surface area contributed by atoms with E-state index in [4.69, 9.17) is 5.73 Å². The van der Waals surface area contributed by atoms with Gasteiger partial charge < -0.3 is 5.73 Å². The summed E-state index contributed by atoms with van der Waals surface area (Å²) >= 11 is 1.43. The quantitative estimate of drug-likeness (QED) is 0.727. The molecule has 0 saturated heterocycles. The Labute approximate surface area is 113 Å².